The number of aromatic nitrogens is 2. The van der Waals surface area contributed by atoms with E-state index in [1.807, 2.05) is 6.08 Å². The van der Waals surface area contributed by atoms with Gasteiger partial charge in [-0.25, -0.2) is 0 Å². The minimum absolute atomic E-state index is 0.819. The van der Waals surface area contributed by atoms with Crippen molar-refractivity contribution in [2.75, 3.05) is 0 Å². The number of fused-ring (bicyclic) bond motifs is 3. The SMILES string of the molecule is C=CCc1c2c(nn1Cc1ccccc1)-c1ccccc1CC2. The first-order valence-electron chi connectivity index (χ1n) is 8.18. The summed E-state index contributed by atoms with van der Waals surface area (Å²) in [5.41, 5.74) is 7.87. The molecule has 0 saturated carbocycles. The predicted molar refractivity (Wildman–Crippen MR) is 94.5 cm³/mol. The summed E-state index contributed by atoms with van der Waals surface area (Å²) in [6.45, 7) is 4.75. The van der Waals surface area contributed by atoms with Gasteiger partial charge in [0.1, 0.15) is 0 Å². The second-order valence-electron chi connectivity index (χ2n) is 6.07. The smallest absolute Gasteiger partial charge is 0.0961 e. The summed E-state index contributed by atoms with van der Waals surface area (Å²) < 4.78 is 2.17. The van der Waals surface area contributed by atoms with Crippen molar-refractivity contribution in [1.29, 1.82) is 0 Å². The molecule has 0 fully saturated rings. The molecule has 0 amide bonds. The maximum atomic E-state index is 4.97. The molecule has 1 heterocycles. The normalized spacial score (nSPS) is 12.5. The third-order valence-corrected chi connectivity index (χ3v) is 4.60. The number of aryl methyl sites for hydroxylation is 1. The van der Waals surface area contributed by atoms with Crippen LogP contribution in [0, 0.1) is 0 Å². The molecule has 23 heavy (non-hydrogen) atoms. The molecule has 0 N–H and O–H groups in total. The van der Waals surface area contributed by atoms with Crippen LogP contribution in [0.3, 0.4) is 0 Å². The Kier molecular flexibility index (Phi) is 3.58. The fourth-order valence-corrected chi connectivity index (χ4v) is 3.49. The van der Waals surface area contributed by atoms with E-state index in [1.54, 1.807) is 0 Å². The molecule has 114 valence electrons. The first kappa shape index (κ1) is 14.0. The van der Waals surface area contributed by atoms with Crippen molar-refractivity contribution in [3.63, 3.8) is 0 Å². The molecule has 2 aromatic carbocycles. The zero-order valence-corrected chi connectivity index (χ0v) is 13.2. The van der Waals surface area contributed by atoms with Gasteiger partial charge in [-0.2, -0.15) is 5.10 Å². The van der Waals surface area contributed by atoms with Crippen molar-refractivity contribution in [2.45, 2.75) is 25.8 Å². The van der Waals surface area contributed by atoms with Crippen LogP contribution in [0.5, 0.6) is 0 Å². The second-order valence-corrected chi connectivity index (χ2v) is 6.07. The zero-order chi connectivity index (χ0) is 15.6. The number of allylic oxidation sites excluding steroid dienone is 1. The molecule has 1 aliphatic rings. The van der Waals surface area contributed by atoms with Crippen molar-refractivity contribution >= 4 is 0 Å². The average molecular weight is 300 g/mol. The second kappa shape index (κ2) is 5.88. The molecule has 0 radical (unpaired) electrons. The van der Waals surface area contributed by atoms with Gasteiger partial charge in [0.25, 0.3) is 0 Å². The van der Waals surface area contributed by atoms with Gasteiger partial charge in [0.2, 0.25) is 0 Å². The topological polar surface area (TPSA) is 17.8 Å². The third-order valence-electron chi connectivity index (χ3n) is 4.60. The number of nitrogens with zero attached hydrogens (tertiary/aromatic N) is 2. The molecule has 0 unspecified atom stereocenters. The first-order valence-corrected chi connectivity index (χ1v) is 8.18. The number of benzene rings is 2. The lowest BCUT2D eigenvalue weighted by molar-refractivity contribution is 0.656. The summed E-state index contributed by atoms with van der Waals surface area (Å²) in [5, 5.41) is 4.97. The first-order chi connectivity index (χ1) is 11.4. The lowest BCUT2D eigenvalue weighted by Gasteiger charge is -2.15. The van der Waals surface area contributed by atoms with Crippen LogP contribution in [-0.2, 0) is 25.8 Å². The van der Waals surface area contributed by atoms with E-state index >= 15 is 0 Å². The number of hydrogen-bond donors (Lipinski definition) is 0. The van der Waals surface area contributed by atoms with Gasteiger partial charge in [0, 0.05) is 23.2 Å². The number of rotatable bonds is 4. The predicted octanol–water partition coefficient (Wildman–Crippen LogP) is 4.43. The Morgan fingerprint density at radius 2 is 1.78 bits per heavy atom. The van der Waals surface area contributed by atoms with E-state index < -0.39 is 0 Å². The summed E-state index contributed by atoms with van der Waals surface area (Å²) in [6, 6.07) is 19.2. The van der Waals surface area contributed by atoms with Crippen molar-refractivity contribution < 1.29 is 0 Å². The maximum Gasteiger partial charge on any atom is 0.0961 e. The Morgan fingerprint density at radius 1 is 1.00 bits per heavy atom. The maximum absolute atomic E-state index is 4.97. The molecule has 0 aliphatic heterocycles. The van der Waals surface area contributed by atoms with E-state index in [1.165, 1.54) is 33.6 Å². The van der Waals surface area contributed by atoms with E-state index in [-0.39, 0.29) is 0 Å². The Balaban J connectivity index is 1.82. The van der Waals surface area contributed by atoms with Crippen LogP contribution in [-0.4, -0.2) is 9.78 Å². The highest BCUT2D eigenvalue weighted by molar-refractivity contribution is 5.70. The van der Waals surface area contributed by atoms with Gasteiger partial charge in [-0.3, -0.25) is 4.68 Å². The molecule has 1 aromatic heterocycles. The Bertz CT molecular complexity index is 844. The van der Waals surface area contributed by atoms with Crippen molar-refractivity contribution in [3.8, 4) is 11.3 Å². The molecule has 2 nitrogen and oxygen atoms in total. The molecule has 3 aromatic rings. The Labute approximate surface area is 137 Å². The minimum atomic E-state index is 0.819. The van der Waals surface area contributed by atoms with Gasteiger partial charge in [0.15, 0.2) is 0 Å². The molecule has 0 spiro atoms. The monoisotopic (exact) mass is 300 g/mol. The van der Waals surface area contributed by atoms with E-state index in [0.29, 0.717) is 0 Å². The third kappa shape index (κ3) is 2.50. The van der Waals surface area contributed by atoms with E-state index in [4.69, 9.17) is 5.10 Å². The molecule has 0 bridgehead atoms. The Morgan fingerprint density at radius 3 is 2.61 bits per heavy atom. The average Bonchev–Trinajstić information content (AvgIpc) is 2.94. The quantitative estimate of drug-likeness (QED) is 0.652. The van der Waals surface area contributed by atoms with Crippen LogP contribution >= 0.6 is 0 Å². The molecule has 4 rings (SSSR count). The van der Waals surface area contributed by atoms with Crippen LogP contribution in [0.15, 0.2) is 67.3 Å². The van der Waals surface area contributed by atoms with Crippen molar-refractivity contribution in [2.24, 2.45) is 0 Å². The van der Waals surface area contributed by atoms with Crippen molar-refractivity contribution in [3.05, 3.63) is 89.6 Å². The summed E-state index contributed by atoms with van der Waals surface area (Å²) in [7, 11) is 0. The fourth-order valence-electron chi connectivity index (χ4n) is 3.49. The number of hydrogen-bond acceptors (Lipinski definition) is 1. The van der Waals surface area contributed by atoms with Crippen LogP contribution < -0.4 is 0 Å². The molecule has 0 saturated heterocycles. The van der Waals surface area contributed by atoms with E-state index in [0.717, 1.165) is 25.8 Å². The van der Waals surface area contributed by atoms with Gasteiger partial charge in [0.05, 0.1) is 12.2 Å². The Hall–Kier alpha value is -2.61. The van der Waals surface area contributed by atoms with Crippen LogP contribution in [0.2, 0.25) is 0 Å². The minimum Gasteiger partial charge on any atom is -0.264 e. The zero-order valence-electron chi connectivity index (χ0n) is 13.2. The highest BCUT2D eigenvalue weighted by Gasteiger charge is 2.23. The van der Waals surface area contributed by atoms with Crippen LogP contribution in [0.25, 0.3) is 11.3 Å². The standard InChI is InChI=1S/C21H20N2/c1-2-8-20-19-14-13-17-11-6-7-12-18(17)21(19)22-23(20)15-16-9-4-3-5-10-16/h2-7,9-12H,1,8,13-15H2. The molecule has 2 heteroatoms. The van der Waals surface area contributed by atoms with Gasteiger partial charge in [-0.15, -0.1) is 6.58 Å². The van der Waals surface area contributed by atoms with Crippen LogP contribution in [0.4, 0.5) is 0 Å². The van der Waals surface area contributed by atoms with E-state index in [2.05, 4.69) is 65.9 Å². The van der Waals surface area contributed by atoms with Crippen molar-refractivity contribution in [1.82, 2.24) is 9.78 Å². The van der Waals surface area contributed by atoms with Gasteiger partial charge >= 0.3 is 0 Å². The van der Waals surface area contributed by atoms with Gasteiger partial charge in [-0.1, -0.05) is 60.7 Å². The van der Waals surface area contributed by atoms with Gasteiger partial charge in [-0.05, 0) is 24.0 Å². The summed E-state index contributed by atoms with van der Waals surface area (Å²) >= 11 is 0. The molecular weight excluding hydrogens is 280 g/mol. The summed E-state index contributed by atoms with van der Waals surface area (Å²) in [6.07, 6.45) is 5.03. The summed E-state index contributed by atoms with van der Waals surface area (Å²) in [5.74, 6) is 0. The lowest BCUT2D eigenvalue weighted by Crippen LogP contribution is -2.07. The van der Waals surface area contributed by atoms with Gasteiger partial charge < -0.3 is 0 Å². The summed E-state index contributed by atoms with van der Waals surface area (Å²) in [4.78, 5) is 0. The molecule has 0 atom stereocenters. The lowest BCUT2D eigenvalue weighted by atomic mass is 9.88. The highest BCUT2D eigenvalue weighted by Crippen LogP contribution is 2.34. The largest absolute Gasteiger partial charge is 0.264 e. The fraction of sp³-hybridized carbons (Fsp3) is 0.190. The molecule has 1 aliphatic carbocycles. The molecular formula is C21H20N2. The highest BCUT2D eigenvalue weighted by atomic mass is 15.3. The van der Waals surface area contributed by atoms with Crippen LogP contribution in [0.1, 0.15) is 22.4 Å². The van der Waals surface area contributed by atoms with E-state index in [9.17, 15) is 0 Å².